The highest BCUT2D eigenvalue weighted by atomic mass is 16.4. The number of carbonyl (C=O) groups is 1. The first kappa shape index (κ1) is 13.6. The zero-order chi connectivity index (χ0) is 14.8. The summed E-state index contributed by atoms with van der Waals surface area (Å²) in [6, 6.07) is 2.06. The van der Waals surface area contributed by atoms with Gasteiger partial charge in [-0.1, -0.05) is 0 Å². The molecule has 0 bridgehead atoms. The third-order valence-corrected chi connectivity index (χ3v) is 3.87. The van der Waals surface area contributed by atoms with Gasteiger partial charge in [0, 0.05) is 31.7 Å². The quantitative estimate of drug-likeness (QED) is 0.936. The van der Waals surface area contributed by atoms with Crippen LogP contribution in [0.4, 0.5) is 5.69 Å². The van der Waals surface area contributed by atoms with Gasteiger partial charge in [0.05, 0.1) is 17.9 Å². The van der Waals surface area contributed by atoms with Gasteiger partial charge in [-0.05, 0) is 31.4 Å². The maximum absolute atomic E-state index is 11.3. The van der Waals surface area contributed by atoms with E-state index in [1.54, 1.807) is 12.3 Å². The van der Waals surface area contributed by atoms with Crippen LogP contribution in [0.5, 0.6) is 0 Å². The van der Waals surface area contributed by atoms with Crippen molar-refractivity contribution in [2.24, 2.45) is 0 Å². The van der Waals surface area contributed by atoms with E-state index in [1.807, 2.05) is 24.0 Å². The number of carboxylic acids is 1. The van der Waals surface area contributed by atoms with Crippen molar-refractivity contribution in [3.63, 3.8) is 0 Å². The molecular formula is C15H18N4O2. The monoisotopic (exact) mass is 286 g/mol. The number of anilines is 1. The number of rotatable bonds is 3. The zero-order valence-corrected chi connectivity index (χ0v) is 11.9. The summed E-state index contributed by atoms with van der Waals surface area (Å²) in [7, 11) is 0. The van der Waals surface area contributed by atoms with Crippen molar-refractivity contribution < 1.29 is 9.90 Å². The molecule has 0 aliphatic carbocycles. The Bertz CT molecular complexity index is 653. The minimum absolute atomic E-state index is 0.259. The number of carboxylic acid groups (broad SMARTS) is 1. The number of nitrogens with zero attached hydrogens (tertiary/aromatic N) is 4. The molecule has 0 saturated carbocycles. The van der Waals surface area contributed by atoms with Crippen molar-refractivity contribution in [3.8, 4) is 0 Å². The van der Waals surface area contributed by atoms with E-state index in [4.69, 9.17) is 0 Å². The average Bonchev–Trinajstić information content (AvgIpc) is 2.94. The number of hydrogen-bond donors (Lipinski definition) is 1. The summed E-state index contributed by atoms with van der Waals surface area (Å²) in [6.07, 6.45) is 9.03. The van der Waals surface area contributed by atoms with Gasteiger partial charge < -0.3 is 10.0 Å². The van der Waals surface area contributed by atoms with Crippen LogP contribution in [0.25, 0.3) is 0 Å². The van der Waals surface area contributed by atoms with Gasteiger partial charge >= 0.3 is 5.97 Å². The van der Waals surface area contributed by atoms with Crippen LogP contribution in [0.3, 0.4) is 0 Å². The molecule has 0 spiro atoms. The first-order chi connectivity index (χ1) is 10.1. The number of aromatic nitrogens is 3. The molecule has 6 nitrogen and oxygen atoms in total. The Morgan fingerprint density at radius 1 is 1.43 bits per heavy atom. The third kappa shape index (κ3) is 2.74. The van der Waals surface area contributed by atoms with Crippen molar-refractivity contribution in [2.75, 3.05) is 18.0 Å². The molecule has 110 valence electrons. The van der Waals surface area contributed by atoms with Crippen molar-refractivity contribution in [2.45, 2.75) is 25.8 Å². The molecule has 6 heteroatoms. The van der Waals surface area contributed by atoms with E-state index in [9.17, 15) is 9.90 Å². The summed E-state index contributed by atoms with van der Waals surface area (Å²) in [4.78, 5) is 17.4. The lowest BCUT2D eigenvalue weighted by atomic mass is 10.0. The molecule has 1 atom stereocenters. The van der Waals surface area contributed by atoms with Crippen molar-refractivity contribution in [1.82, 2.24) is 14.8 Å². The van der Waals surface area contributed by atoms with Gasteiger partial charge in [0.1, 0.15) is 5.56 Å². The fourth-order valence-electron chi connectivity index (χ4n) is 2.85. The number of piperidine rings is 1. The van der Waals surface area contributed by atoms with Crippen molar-refractivity contribution in [1.29, 1.82) is 0 Å². The second-order valence-corrected chi connectivity index (χ2v) is 5.44. The van der Waals surface area contributed by atoms with Crippen LogP contribution < -0.4 is 4.90 Å². The van der Waals surface area contributed by atoms with E-state index in [1.165, 1.54) is 6.20 Å². The van der Waals surface area contributed by atoms with Gasteiger partial charge in [0.2, 0.25) is 0 Å². The predicted octanol–water partition coefficient (Wildman–Crippen LogP) is 2.13. The van der Waals surface area contributed by atoms with Crippen LogP contribution in [0, 0.1) is 6.92 Å². The van der Waals surface area contributed by atoms with Crippen LogP contribution in [0.2, 0.25) is 0 Å². The van der Waals surface area contributed by atoms with Crippen LogP contribution in [-0.4, -0.2) is 38.9 Å². The van der Waals surface area contributed by atoms with Gasteiger partial charge in [-0.25, -0.2) is 4.79 Å². The Morgan fingerprint density at radius 3 is 3.00 bits per heavy atom. The molecule has 0 radical (unpaired) electrons. The molecule has 3 rings (SSSR count). The first-order valence-electron chi connectivity index (χ1n) is 7.08. The number of aryl methyl sites for hydroxylation is 1. The number of aromatic carboxylic acids is 1. The minimum atomic E-state index is -0.935. The molecule has 1 saturated heterocycles. The van der Waals surface area contributed by atoms with Crippen LogP contribution in [0.1, 0.15) is 34.8 Å². The van der Waals surface area contributed by atoms with E-state index in [-0.39, 0.29) is 11.6 Å². The topological polar surface area (TPSA) is 71.2 Å². The van der Waals surface area contributed by atoms with E-state index in [0.29, 0.717) is 0 Å². The maximum atomic E-state index is 11.3. The standard InChI is InChI=1S/C15H18N4O2/c1-11-7-17-19(9-11)12-3-2-6-18(10-12)14-4-5-16-8-13(14)15(20)21/h4-5,7-9,12H,2-3,6,10H2,1H3,(H,20,21). The van der Waals surface area contributed by atoms with Gasteiger partial charge in [-0.2, -0.15) is 5.10 Å². The minimum Gasteiger partial charge on any atom is -0.478 e. The third-order valence-electron chi connectivity index (χ3n) is 3.87. The molecule has 1 unspecified atom stereocenters. The molecule has 1 aliphatic heterocycles. The van der Waals surface area contributed by atoms with Crippen LogP contribution in [-0.2, 0) is 0 Å². The Morgan fingerprint density at radius 2 is 2.29 bits per heavy atom. The lowest BCUT2D eigenvalue weighted by molar-refractivity contribution is 0.0697. The van der Waals surface area contributed by atoms with Gasteiger partial charge in [0.25, 0.3) is 0 Å². The summed E-state index contributed by atoms with van der Waals surface area (Å²) < 4.78 is 1.99. The van der Waals surface area contributed by atoms with Crippen LogP contribution in [0.15, 0.2) is 30.9 Å². The van der Waals surface area contributed by atoms with Gasteiger partial charge in [0.15, 0.2) is 0 Å². The van der Waals surface area contributed by atoms with E-state index >= 15 is 0 Å². The van der Waals surface area contributed by atoms with E-state index < -0.39 is 5.97 Å². The Labute approximate surface area is 123 Å². The number of hydrogen-bond acceptors (Lipinski definition) is 4. The molecule has 0 amide bonds. The molecular weight excluding hydrogens is 268 g/mol. The summed E-state index contributed by atoms with van der Waals surface area (Å²) in [5, 5.41) is 13.7. The molecule has 21 heavy (non-hydrogen) atoms. The highest BCUT2D eigenvalue weighted by molar-refractivity contribution is 5.94. The SMILES string of the molecule is Cc1cnn(C2CCCN(c3ccncc3C(=O)O)C2)c1. The van der Waals surface area contributed by atoms with Crippen LogP contribution >= 0.6 is 0 Å². The summed E-state index contributed by atoms with van der Waals surface area (Å²) in [5.41, 5.74) is 2.14. The van der Waals surface area contributed by atoms with Crippen molar-refractivity contribution >= 4 is 11.7 Å². The predicted molar refractivity (Wildman–Crippen MR) is 78.6 cm³/mol. The second-order valence-electron chi connectivity index (χ2n) is 5.44. The molecule has 1 N–H and O–H groups in total. The maximum Gasteiger partial charge on any atom is 0.339 e. The van der Waals surface area contributed by atoms with E-state index in [0.717, 1.165) is 37.2 Å². The highest BCUT2D eigenvalue weighted by Gasteiger charge is 2.24. The smallest absolute Gasteiger partial charge is 0.339 e. The largest absolute Gasteiger partial charge is 0.478 e. The molecule has 1 fully saturated rings. The highest BCUT2D eigenvalue weighted by Crippen LogP contribution is 2.28. The Hall–Kier alpha value is -2.37. The molecule has 2 aromatic heterocycles. The zero-order valence-electron chi connectivity index (χ0n) is 11.9. The van der Waals surface area contributed by atoms with Gasteiger partial charge in [-0.3, -0.25) is 9.67 Å². The van der Waals surface area contributed by atoms with Crippen molar-refractivity contribution in [3.05, 3.63) is 42.0 Å². The second kappa shape index (κ2) is 5.55. The Balaban J connectivity index is 1.85. The van der Waals surface area contributed by atoms with Gasteiger partial charge in [-0.15, -0.1) is 0 Å². The molecule has 3 heterocycles. The van der Waals surface area contributed by atoms with E-state index in [2.05, 4.69) is 15.0 Å². The molecule has 1 aliphatic rings. The lowest BCUT2D eigenvalue weighted by Crippen LogP contribution is -2.37. The summed E-state index contributed by atoms with van der Waals surface area (Å²) in [5.74, 6) is -0.935. The fraction of sp³-hybridized carbons (Fsp3) is 0.400. The molecule has 0 aromatic carbocycles. The summed E-state index contributed by atoms with van der Waals surface area (Å²) in [6.45, 7) is 3.65. The average molecular weight is 286 g/mol. The summed E-state index contributed by atoms with van der Waals surface area (Å²) >= 11 is 0. The normalized spacial score (nSPS) is 18.7. The first-order valence-corrected chi connectivity index (χ1v) is 7.08. The molecule has 2 aromatic rings. The fourth-order valence-corrected chi connectivity index (χ4v) is 2.85. The Kier molecular flexibility index (Phi) is 3.60. The lowest BCUT2D eigenvalue weighted by Gasteiger charge is -2.35. The number of pyridine rings is 1.